The van der Waals surface area contributed by atoms with Gasteiger partial charge in [-0.1, -0.05) is 30.3 Å². The van der Waals surface area contributed by atoms with Crippen molar-refractivity contribution in [3.8, 4) is 5.75 Å². The summed E-state index contributed by atoms with van der Waals surface area (Å²) >= 11 is 0. The molecule has 3 aromatic rings. The van der Waals surface area contributed by atoms with Crippen molar-refractivity contribution in [3.05, 3.63) is 60.3 Å². The molecule has 4 rings (SSSR count). The number of hydrogen-bond donors (Lipinski definition) is 2. The fourth-order valence-electron chi connectivity index (χ4n) is 4.14. The molecule has 2 heterocycles. The number of fused-ring (bicyclic) bond motifs is 1. The average molecular weight is 405 g/mol. The van der Waals surface area contributed by atoms with Gasteiger partial charge in [-0.25, -0.2) is 0 Å². The number of ether oxygens (including phenoxy) is 1. The second kappa shape index (κ2) is 9.03. The van der Waals surface area contributed by atoms with E-state index < -0.39 is 0 Å². The highest BCUT2D eigenvalue weighted by Gasteiger charge is 2.28. The highest BCUT2D eigenvalue weighted by molar-refractivity contribution is 5.94. The Kier molecular flexibility index (Phi) is 6.02. The minimum Gasteiger partial charge on any atom is -0.495 e. The summed E-state index contributed by atoms with van der Waals surface area (Å²) in [6.45, 7) is 1.18. The molecule has 1 aliphatic rings. The van der Waals surface area contributed by atoms with Gasteiger partial charge in [-0.15, -0.1) is 0 Å². The first-order chi connectivity index (χ1) is 14.7. The van der Waals surface area contributed by atoms with Crippen LogP contribution in [0.1, 0.15) is 24.8 Å². The van der Waals surface area contributed by atoms with Crippen LogP contribution in [-0.4, -0.2) is 41.9 Å². The number of nitrogens with one attached hydrogen (secondary N) is 2. The van der Waals surface area contributed by atoms with Crippen LogP contribution in [0.3, 0.4) is 0 Å². The summed E-state index contributed by atoms with van der Waals surface area (Å²) in [6, 6.07) is 15.5. The van der Waals surface area contributed by atoms with Gasteiger partial charge < -0.3 is 19.9 Å². The molecule has 0 bridgehead atoms. The fourth-order valence-corrected chi connectivity index (χ4v) is 4.14. The lowest BCUT2D eigenvalue weighted by atomic mass is 9.96. The van der Waals surface area contributed by atoms with Crippen LogP contribution < -0.4 is 10.1 Å². The maximum absolute atomic E-state index is 12.8. The van der Waals surface area contributed by atoms with Crippen LogP contribution in [0.2, 0.25) is 0 Å². The second-order valence-electron chi connectivity index (χ2n) is 7.73. The zero-order valence-electron chi connectivity index (χ0n) is 17.2. The maximum atomic E-state index is 12.8. The summed E-state index contributed by atoms with van der Waals surface area (Å²) in [5.74, 6) is 0.470. The first-order valence-electron chi connectivity index (χ1n) is 10.4. The molecule has 1 unspecified atom stereocenters. The summed E-state index contributed by atoms with van der Waals surface area (Å²) in [4.78, 5) is 30.7. The van der Waals surface area contributed by atoms with Crippen LogP contribution in [-0.2, 0) is 16.0 Å². The van der Waals surface area contributed by atoms with Gasteiger partial charge in [0.25, 0.3) is 0 Å². The van der Waals surface area contributed by atoms with E-state index in [2.05, 4.69) is 16.4 Å². The first-order valence-corrected chi connectivity index (χ1v) is 10.4. The molecule has 2 amide bonds. The monoisotopic (exact) mass is 405 g/mol. The number of anilines is 1. The van der Waals surface area contributed by atoms with Gasteiger partial charge >= 0.3 is 0 Å². The van der Waals surface area contributed by atoms with Gasteiger partial charge in [0.1, 0.15) is 5.75 Å². The normalized spacial score (nSPS) is 16.4. The fraction of sp³-hybridized carbons (Fsp3) is 0.333. The third kappa shape index (κ3) is 4.32. The van der Waals surface area contributed by atoms with Crippen LogP contribution in [0, 0.1) is 5.92 Å². The number of H-pyrrole nitrogens is 1. The summed E-state index contributed by atoms with van der Waals surface area (Å²) < 4.78 is 5.31. The van der Waals surface area contributed by atoms with Gasteiger partial charge in [-0.05, 0) is 43.0 Å². The Morgan fingerprint density at radius 3 is 2.83 bits per heavy atom. The SMILES string of the molecule is COc1ccccc1NC(=O)C1CCCN(C(=O)CCc2c[nH]c3ccccc23)C1. The zero-order valence-corrected chi connectivity index (χ0v) is 17.2. The van der Waals surface area contributed by atoms with E-state index in [0.717, 1.165) is 29.3 Å². The van der Waals surface area contributed by atoms with Gasteiger partial charge in [-0.3, -0.25) is 9.59 Å². The third-order valence-electron chi connectivity index (χ3n) is 5.79. The number of rotatable bonds is 6. The molecule has 2 aromatic carbocycles. The van der Waals surface area contributed by atoms with Crippen LogP contribution in [0.25, 0.3) is 10.9 Å². The molecule has 0 aliphatic carbocycles. The quantitative estimate of drug-likeness (QED) is 0.651. The van der Waals surface area contributed by atoms with Gasteiger partial charge in [0.15, 0.2) is 0 Å². The second-order valence-corrected chi connectivity index (χ2v) is 7.73. The highest BCUT2D eigenvalue weighted by atomic mass is 16.5. The Morgan fingerprint density at radius 2 is 1.97 bits per heavy atom. The number of likely N-dealkylation sites (tertiary alicyclic amines) is 1. The molecule has 1 fully saturated rings. The Labute approximate surface area is 176 Å². The standard InChI is InChI=1S/C24H27N3O3/c1-30-22-11-5-4-10-21(22)26-24(29)18-7-6-14-27(16-18)23(28)13-12-17-15-25-20-9-3-2-8-19(17)20/h2-5,8-11,15,18,25H,6-7,12-14,16H2,1H3,(H,26,29). The molecule has 1 atom stereocenters. The van der Waals surface area contributed by atoms with E-state index >= 15 is 0 Å². The first kappa shape index (κ1) is 20.0. The Morgan fingerprint density at radius 1 is 1.17 bits per heavy atom. The summed E-state index contributed by atoms with van der Waals surface area (Å²) in [7, 11) is 1.58. The number of benzene rings is 2. The van der Waals surface area contributed by atoms with E-state index in [4.69, 9.17) is 4.74 Å². The largest absolute Gasteiger partial charge is 0.495 e. The molecule has 0 spiro atoms. The Hall–Kier alpha value is -3.28. The molecule has 0 saturated carbocycles. The lowest BCUT2D eigenvalue weighted by Crippen LogP contribution is -2.43. The van der Waals surface area contributed by atoms with E-state index in [0.29, 0.717) is 37.4 Å². The van der Waals surface area contributed by atoms with Crippen LogP contribution >= 0.6 is 0 Å². The van der Waals surface area contributed by atoms with Crippen molar-refractivity contribution in [2.45, 2.75) is 25.7 Å². The van der Waals surface area contributed by atoms with E-state index in [-0.39, 0.29) is 17.7 Å². The molecule has 30 heavy (non-hydrogen) atoms. The van der Waals surface area contributed by atoms with Gasteiger partial charge in [0.05, 0.1) is 18.7 Å². The lowest BCUT2D eigenvalue weighted by Gasteiger charge is -2.32. The topological polar surface area (TPSA) is 74.4 Å². The predicted octanol–water partition coefficient (Wildman–Crippen LogP) is 3.99. The lowest BCUT2D eigenvalue weighted by molar-refractivity contribution is -0.134. The number of piperidine rings is 1. The van der Waals surface area contributed by atoms with E-state index in [9.17, 15) is 9.59 Å². The van der Waals surface area contributed by atoms with E-state index in [1.54, 1.807) is 7.11 Å². The van der Waals surface area contributed by atoms with Crippen molar-refractivity contribution in [1.82, 2.24) is 9.88 Å². The molecule has 1 aliphatic heterocycles. The number of nitrogens with zero attached hydrogens (tertiary/aromatic N) is 1. The van der Waals surface area contributed by atoms with Crippen molar-refractivity contribution in [2.24, 2.45) is 5.92 Å². The number of carbonyl (C=O) groups is 2. The zero-order chi connectivity index (χ0) is 20.9. The Bertz CT molecular complexity index is 1040. The smallest absolute Gasteiger partial charge is 0.229 e. The molecule has 1 aromatic heterocycles. The molecule has 0 radical (unpaired) electrons. The van der Waals surface area contributed by atoms with Crippen LogP contribution in [0.5, 0.6) is 5.75 Å². The summed E-state index contributed by atoms with van der Waals surface area (Å²) in [5, 5.41) is 4.12. The molecule has 1 saturated heterocycles. The number of aryl methyl sites for hydroxylation is 1. The number of methoxy groups -OCH3 is 1. The van der Waals surface area contributed by atoms with Gasteiger partial charge in [-0.2, -0.15) is 0 Å². The van der Waals surface area contributed by atoms with Crippen molar-refractivity contribution >= 4 is 28.4 Å². The van der Waals surface area contributed by atoms with E-state index in [1.165, 1.54) is 0 Å². The van der Waals surface area contributed by atoms with Crippen LogP contribution in [0.15, 0.2) is 54.7 Å². The van der Waals surface area contributed by atoms with Crippen molar-refractivity contribution in [3.63, 3.8) is 0 Å². The maximum Gasteiger partial charge on any atom is 0.229 e. The molecular formula is C24H27N3O3. The minimum absolute atomic E-state index is 0.0615. The molecular weight excluding hydrogens is 378 g/mol. The van der Waals surface area contributed by atoms with Gasteiger partial charge in [0.2, 0.25) is 11.8 Å². The van der Waals surface area contributed by atoms with Crippen LogP contribution in [0.4, 0.5) is 5.69 Å². The minimum atomic E-state index is -0.208. The predicted molar refractivity (Wildman–Crippen MR) is 118 cm³/mol. The van der Waals surface area contributed by atoms with Crippen molar-refractivity contribution in [2.75, 3.05) is 25.5 Å². The molecule has 6 heteroatoms. The molecule has 2 N–H and O–H groups in total. The van der Waals surface area contributed by atoms with Crippen molar-refractivity contribution in [1.29, 1.82) is 0 Å². The summed E-state index contributed by atoms with van der Waals surface area (Å²) in [6.07, 6.45) is 4.74. The summed E-state index contributed by atoms with van der Waals surface area (Å²) in [5.41, 5.74) is 2.90. The Balaban J connectivity index is 1.35. The van der Waals surface area contributed by atoms with E-state index in [1.807, 2.05) is 53.6 Å². The number of para-hydroxylation sites is 3. The number of aromatic amines is 1. The van der Waals surface area contributed by atoms with Gasteiger partial charge in [0, 0.05) is 36.6 Å². The number of carbonyl (C=O) groups excluding carboxylic acids is 2. The average Bonchev–Trinajstić information content (AvgIpc) is 3.21. The number of hydrogen-bond acceptors (Lipinski definition) is 3. The highest BCUT2D eigenvalue weighted by Crippen LogP contribution is 2.26. The van der Waals surface area contributed by atoms with Crippen molar-refractivity contribution < 1.29 is 14.3 Å². The molecule has 6 nitrogen and oxygen atoms in total. The number of aromatic nitrogens is 1. The third-order valence-corrected chi connectivity index (χ3v) is 5.79. The number of amides is 2. The molecule has 156 valence electrons.